The van der Waals surface area contributed by atoms with E-state index in [4.69, 9.17) is 28.4 Å². The number of carbonyl (C=O) groups excluding carboxylic acids is 6. The molecule has 1 saturated heterocycles. The molecule has 308 valence electrons. The summed E-state index contributed by atoms with van der Waals surface area (Å²) >= 11 is 0. The molecule has 2 amide bonds. The average molecular weight is 789 g/mol. The molecule has 3 fully saturated rings. The van der Waals surface area contributed by atoms with E-state index in [0.29, 0.717) is 0 Å². The third-order valence-corrected chi connectivity index (χ3v) is 11.1. The number of alkyl carbamates (subject to hydrolysis) is 2. The maximum absolute atomic E-state index is 15.2. The van der Waals surface area contributed by atoms with Gasteiger partial charge in [-0.05, 0) is 71.7 Å². The molecule has 11 atom stereocenters. The normalized spacial score (nSPS) is 33.4. The van der Waals surface area contributed by atoms with E-state index in [-0.39, 0.29) is 36.3 Å². The van der Waals surface area contributed by atoms with Crippen molar-refractivity contribution in [2.45, 2.75) is 134 Å². The summed E-state index contributed by atoms with van der Waals surface area (Å²) in [7, 11) is 0. The molecule has 4 aliphatic rings. The zero-order chi connectivity index (χ0) is 41.5. The minimum absolute atomic E-state index is 0.0108. The lowest BCUT2D eigenvalue weighted by molar-refractivity contribution is -0.340. The molecule has 1 aromatic carbocycles. The lowest BCUT2D eigenvalue weighted by Gasteiger charge is -2.65. The molecule has 17 heteroatoms. The highest BCUT2D eigenvalue weighted by Gasteiger charge is 2.76. The van der Waals surface area contributed by atoms with Crippen LogP contribution in [-0.2, 0) is 42.8 Å². The highest BCUT2D eigenvalue weighted by Crippen LogP contribution is 2.61. The summed E-state index contributed by atoms with van der Waals surface area (Å²) in [6, 6.07) is 6.57. The Balaban J connectivity index is 1.66. The number of aliphatic hydroxyl groups is 3. The molecule has 1 heterocycles. The number of benzene rings is 1. The Hall–Kier alpha value is -4.58. The van der Waals surface area contributed by atoms with Gasteiger partial charge in [-0.15, -0.1) is 0 Å². The van der Waals surface area contributed by atoms with Gasteiger partial charge in [-0.25, -0.2) is 19.2 Å². The van der Waals surface area contributed by atoms with E-state index < -0.39 is 120 Å². The van der Waals surface area contributed by atoms with E-state index in [1.807, 2.05) is 0 Å². The van der Waals surface area contributed by atoms with E-state index >= 15 is 4.79 Å². The predicted octanol–water partition coefficient (Wildman–Crippen LogP) is 2.02. The standard InChI is InChI=1S/C39H52N2O15/c1-9-40-34(48)53-28-23-16-38(50,17-24(19(23)2)52-33(47)27(44)20(3)41-35(49)56-36(5,6)7)31(54-32(46)22-13-11-10-12-14-22)29-37(8,30(28)45)25(43)15-26-39(29,18-51-26)55-21(4)42/h10-14,20,24-29,31,43-44,50H,9,15-18H2,1-8H3,(H,40,48)(H,41,49)/t20-,24-,25-,26+,27+,28+,29?,31-,37+,38+,39-/m0/s1. The van der Waals surface area contributed by atoms with Crippen molar-refractivity contribution < 1.29 is 72.5 Å². The predicted molar refractivity (Wildman–Crippen MR) is 193 cm³/mol. The summed E-state index contributed by atoms with van der Waals surface area (Å²) < 4.78 is 34.8. The molecule has 5 N–H and O–H groups in total. The molecule has 17 nitrogen and oxygen atoms in total. The zero-order valence-corrected chi connectivity index (χ0v) is 32.8. The van der Waals surface area contributed by atoms with E-state index in [9.17, 15) is 39.3 Å². The van der Waals surface area contributed by atoms with Crippen LogP contribution in [0.5, 0.6) is 0 Å². The highest BCUT2D eigenvalue weighted by molar-refractivity contribution is 5.95. The summed E-state index contributed by atoms with van der Waals surface area (Å²) in [6.45, 7) is 11.7. The van der Waals surface area contributed by atoms with E-state index in [0.717, 1.165) is 6.92 Å². The zero-order valence-electron chi connectivity index (χ0n) is 32.8. The maximum atomic E-state index is 15.2. The van der Waals surface area contributed by atoms with Crippen molar-refractivity contribution in [1.29, 1.82) is 0 Å². The van der Waals surface area contributed by atoms with Crippen molar-refractivity contribution in [3.63, 3.8) is 0 Å². The fraction of sp³-hybridized carbons (Fsp3) is 0.641. The number of ether oxygens (including phenoxy) is 6. The Kier molecular flexibility index (Phi) is 12.0. The first-order valence-corrected chi connectivity index (χ1v) is 18.6. The van der Waals surface area contributed by atoms with Crippen molar-refractivity contribution >= 4 is 35.9 Å². The molecule has 1 unspecified atom stereocenters. The Morgan fingerprint density at radius 2 is 1.71 bits per heavy atom. The first kappa shape index (κ1) is 42.6. The molecule has 0 radical (unpaired) electrons. The summed E-state index contributed by atoms with van der Waals surface area (Å²) in [6.07, 6.45) is -12.6. The Labute approximate surface area is 324 Å². The van der Waals surface area contributed by atoms with Gasteiger partial charge in [0.05, 0.1) is 35.6 Å². The number of aliphatic hydroxyl groups excluding tert-OH is 2. The van der Waals surface area contributed by atoms with Gasteiger partial charge in [0.2, 0.25) is 0 Å². The van der Waals surface area contributed by atoms with Crippen LogP contribution in [0.25, 0.3) is 0 Å². The van der Waals surface area contributed by atoms with Crippen LogP contribution in [0.1, 0.15) is 85.0 Å². The Morgan fingerprint density at radius 1 is 1.05 bits per heavy atom. The third kappa shape index (κ3) is 7.99. The maximum Gasteiger partial charge on any atom is 0.408 e. The fourth-order valence-corrected chi connectivity index (χ4v) is 8.36. The van der Waals surface area contributed by atoms with Gasteiger partial charge in [0, 0.05) is 32.7 Å². The van der Waals surface area contributed by atoms with Crippen molar-refractivity contribution in [1.82, 2.24) is 10.6 Å². The Bertz CT molecular complexity index is 1760. The van der Waals surface area contributed by atoms with Crippen LogP contribution < -0.4 is 10.6 Å². The van der Waals surface area contributed by atoms with Gasteiger partial charge in [0.1, 0.15) is 29.5 Å². The van der Waals surface area contributed by atoms with E-state index in [2.05, 4.69) is 10.6 Å². The number of hydrogen-bond donors (Lipinski definition) is 5. The lowest BCUT2D eigenvalue weighted by atomic mass is 9.48. The SMILES string of the molecule is CCNC(=O)O[C@H]1C(=O)[C@@]2(C)C([C@H](OC(=O)c3ccccc3)[C@@]3(O)CC1=C(C)[C@@H](OC(=O)[C@H](O)[C@H](C)NC(=O)OC(C)(C)C)C3)[C@]1(OC(C)=O)CO[C@@H]1C[C@@H]2O. The van der Waals surface area contributed by atoms with E-state index in [1.165, 1.54) is 32.9 Å². The molecule has 0 aromatic heterocycles. The molecule has 5 rings (SSSR count). The van der Waals surface area contributed by atoms with Crippen LogP contribution in [0.3, 0.4) is 0 Å². The summed E-state index contributed by atoms with van der Waals surface area (Å²) in [4.78, 5) is 81.0. The summed E-state index contributed by atoms with van der Waals surface area (Å²) in [5, 5.41) is 40.8. The molecule has 3 aliphatic carbocycles. The quantitative estimate of drug-likeness (QED) is 0.137. The second-order valence-corrected chi connectivity index (χ2v) is 16.2. The number of carbonyl (C=O) groups is 6. The number of rotatable bonds is 9. The van der Waals surface area contributed by atoms with Gasteiger partial charge in [0.15, 0.2) is 23.6 Å². The first-order chi connectivity index (χ1) is 26.1. The van der Waals surface area contributed by atoms with Gasteiger partial charge < -0.3 is 54.4 Å². The lowest BCUT2D eigenvalue weighted by Crippen LogP contribution is -2.80. The smallest absolute Gasteiger partial charge is 0.408 e. The van der Waals surface area contributed by atoms with Crippen LogP contribution >= 0.6 is 0 Å². The van der Waals surface area contributed by atoms with Gasteiger partial charge >= 0.3 is 30.1 Å². The molecule has 2 saturated carbocycles. The number of Topliss-reactive ketones (excluding diaryl/α,β-unsaturated/α-hetero) is 1. The summed E-state index contributed by atoms with van der Waals surface area (Å²) in [5.41, 5.74) is -6.69. The van der Waals surface area contributed by atoms with Crippen LogP contribution in [0, 0.1) is 11.3 Å². The van der Waals surface area contributed by atoms with E-state index in [1.54, 1.807) is 45.9 Å². The number of fused-ring (bicyclic) bond motifs is 5. The van der Waals surface area contributed by atoms with Crippen molar-refractivity contribution in [2.24, 2.45) is 11.3 Å². The van der Waals surface area contributed by atoms with Crippen LogP contribution in [0.15, 0.2) is 41.5 Å². The van der Waals surface area contributed by atoms with Gasteiger partial charge in [0.25, 0.3) is 0 Å². The topological polar surface area (TPSA) is 243 Å². The van der Waals surface area contributed by atoms with Crippen molar-refractivity contribution in [3.8, 4) is 0 Å². The molecule has 0 spiro atoms. The second kappa shape index (κ2) is 15.8. The number of ketones is 1. The second-order valence-electron chi connectivity index (χ2n) is 16.2. The van der Waals surface area contributed by atoms with Crippen LogP contribution in [0.2, 0.25) is 0 Å². The first-order valence-electron chi connectivity index (χ1n) is 18.6. The molecule has 1 aromatic rings. The van der Waals surface area contributed by atoms with Crippen LogP contribution in [-0.4, -0.2) is 124 Å². The fourth-order valence-electron chi connectivity index (χ4n) is 8.36. The van der Waals surface area contributed by atoms with Gasteiger partial charge in [-0.3, -0.25) is 9.59 Å². The monoisotopic (exact) mass is 788 g/mol. The highest BCUT2D eigenvalue weighted by atomic mass is 16.6. The molecule has 2 bridgehead atoms. The van der Waals surface area contributed by atoms with Crippen molar-refractivity contribution in [2.75, 3.05) is 13.2 Å². The van der Waals surface area contributed by atoms with Crippen molar-refractivity contribution in [3.05, 3.63) is 47.0 Å². The van der Waals surface area contributed by atoms with Gasteiger partial charge in [-0.2, -0.15) is 0 Å². The molecule has 56 heavy (non-hydrogen) atoms. The minimum atomic E-state index is -2.28. The third-order valence-electron chi connectivity index (χ3n) is 11.1. The largest absolute Gasteiger partial charge is 0.456 e. The minimum Gasteiger partial charge on any atom is -0.456 e. The number of amides is 2. The van der Waals surface area contributed by atoms with Gasteiger partial charge in [-0.1, -0.05) is 18.2 Å². The molecular weight excluding hydrogens is 736 g/mol. The molecule has 1 aliphatic heterocycles. The van der Waals surface area contributed by atoms with Crippen LogP contribution in [0.4, 0.5) is 9.59 Å². The molecular formula is C39H52N2O15. The Morgan fingerprint density at radius 3 is 2.29 bits per heavy atom. The number of hydrogen-bond acceptors (Lipinski definition) is 15. The average Bonchev–Trinajstić information content (AvgIpc) is 3.10. The number of esters is 3. The number of nitrogens with one attached hydrogen (secondary N) is 2. The summed E-state index contributed by atoms with van der Waals surface area (Å²) in [5.74, 6) is -5.32.